The van der Waals surface area contributed by atoms with Crippen molar-refractivity contribution in [2.24, 2.45) is 11.3 Å². The molecule has 5 unspecified atom stereocenters. The normalized spacial score (nSPS) is 23.2. The fourth-order valence-corrected chi connectivity index (χ4v) is 5.50. The molecule has 2 aromatic rings. The molecule has 250 valence electrons. The number of aliphatic carboxylic acids is 1. The Bertz CT molecular complexity index is 1510. The Morgan fingerprint density at radius 2 is 1.78 bits per heavy atom. The van der Waals surface area contributed by atoms with Crippen molar-refractivity contribution < 1.29 is 38.5 Å². The highest BCUT2D eigenvalue weighted by atomic mass is 16.6. The van der Waals surface area contributed by atoms with E-state index in [4.69, 9.17) is 14.2 Å². The summed E-state index contributed by atoms with van der Waals surface area (Å²) in [5.41, 5.74) is -2.49. The van der Waals surface area contributed by atoms with Crippen LogP contribution in [-0.2, 0) is 19.1 Å². The number of carboxylic acids is 1. The summed E-state index contributed by atoms with van der Waals surface area (Å²) in [6, 6.07) is 2.38. The van der Waals surface area contributed by atoms with Crippen molar-refractivity contribution in [1.29, 1.82) is 0 Å². The van der Waals surface area contributed by atoms with Crippen LogP contribution >= 0.6 is 0 Å². The molecule has 2 fully saturated rings. The summed E-state index contributed by atoms with van der Waals surface area (Å²) in [5, 5.41) is 28.2. The molecule has 1 aliphatic heterocycles. The van der Waals surface area contributed by atoms with E-state index in [9.17, 15) is 24.3 Å². The lowest BCUT2D eigenvalue weighted by atomic mass is 9.85. The van der Waals surface area contributed by atoms with Crippen molar-refractivity contribution in [1.82, 2.24) is 35.7 Å². The van der Waals surface area contributed by atoms with Gasteiger partial charge in [-0.1, -0.05) is 26.8 Å². The number of alkyl carbamates (subject to hydrolysis) is 1. The standard InChI is InChI=1S/C31H43N7O8/c1-10-18-15-31(18,27(41)42)33-25(39)20-14-19(38-35-24(34-36-38)17-11-12-21(44-8)22(13-17)45-9)16-37(20)26(40)23(29(2,3)4)32-28(43)46-30(5,6)7/h10-13,18-20,23H,1,14-16H2,2-9H3,(H,32,43)(H,33,39)(H,41,42). The van der Waals surface area contributed by atoms with Gasteiger partial charge >= 0.3 is 12.1 Å². The highest BCUT2D eigenvalue weighted by Crippen LogP contribution is 2.45. The van der Waals surface area contributed by atoms with Crippen molar-refractivity contribution in [3.63, 3.8) is 0 Å². The van der Waals surface area contributed by atoms with Gasteiger partial charge in [-0.05, 0) is 56.0 Å². The third-order valence-electron chi connectivity index (χ3n) is 8.06. The Labute approximate surface area is 267 Å². The lowest BCUT2D eigenvalue weighted by Crippen LogP contribution is -2.59. The molecule has 0 bridgehead atoms. The molecular weight excluding hydrogens is 598 g/mol. The number of hydrogen-bond donors (Lipinski definition) is 3. The van der Waals surface area contributed by atoms with Gasteiger partial charge in [-0.15, -0.1) is 16.8 Å². The highest BCUT2D eigenvalue weighted by Gasteiger charge is 2.61. The maximum absolute atomic E-state index is 14.2. The zero-order chi connectivity index (χ0) is 34.2. The fourth-order valence-electron chi connectivity index (χ4n) is 5.50. The van der Waals surface area contributed by atoms with Gasteiger partial charge in [0, 0.05) is 24.4 Å². The summed E-state index contributed by atoms with van der Waals surface area (Å²) in [5.74, 6) is -1.54. The number of nitrogens with one attached hydrogen (secondary N) is 2. The Morgan fingerprint density at radius 1 is 1.11 bits per heavy atom. The lowest BCUT2D eigenvalue weighted by molar-refractivity contribution is -0.146. The number of carbonyl (C=O) groups is 4. The molecule has 3 amide bonds. The van der Waals surface area contributed by atoms with Crippen molar-refractivity contribution >= 4 is 23.9 Å². The number of carbonyl (C=O) groups excluding carboxylic acids is 3. The van der Waals surface area contributed by atoms with Crippen LogP contribution in [0.3, 0.4) is 0 Å². The molecule has 1 aromatic heterocycles. The smallest absolute Gasteiger partial charge is 0.408 e. The molecule has 1 aliphatic carbocycles. The van der Waals surface area contributed by atoms with Crippen LogP contribution in [0.1, 0.15) is 60.4 Å². The first-order valence-electron chi connectivity index (χ1n) is 14.9. The van der Waals surface area contributed by atoms with E-state index in [0.717, 1.165) is 0 Å². The molecule has 0 radical (unpaired) electrons. The quantitative estimate of drug-likeness (QED) is 0.324. The number of benzene rings is 1. The summed E-state index contributed by atoms with van der Waals surface area (Å²) < 4.78 is 16.1. The van der Waals surface area contributed by atoms with Crippen LogP contribution in [0.25, 0.3) is 11.4 Å². The van der Waals surface area contributed by atoms with E-state index in [-0.39, 0.29) is 25.2 Å². The van der Waals surface area contributed by atoms with Crippen molar-refractivity contribution in [2.75, 3.05) is 20.8 Å². The van der Waals surface area contributed by atoms with Gasteiger partial charge in [0.1, 0.15) is 23.2 Å². The molecule has 4 rings (SSSR count). The lowest BCUT2D eigenvalue weighted by Gasteiger charge is -2.36. The average Bonchev–Trinajstić information content (AvgIpc) is 3.29. The molecule has 2 aliphatic rings. The van der Waals surface area contributed by atoms with Gasteiger partial charge in [-0.25, -0.2) is 9.59 Å². The Morgan fingerprint density at radius 3 is 2.33 bits per heavy atom. The summed E-state index contributed by atoms with van der Waals surface area (Å²) in [6.45, 7) is 14.1. The van der Waals surface area contributed by atoms with Crippen molar-refractivity contribution in [3.05, 3.63) is 30.9 Å². The Hall–Kier alpha value is -4.69. The van der Waals surface area contributed by atoms with Crippen LogP contribution < -0.4 is 20.1 Å². The number of nitrogens with zero attached hydrogens (tertiary/aromatic N) is 5. The third-order valence-corrected chi connectivity index (χ3v) is 8.06. The van der Waals surface area contributed by atoms with Gasteiger partial charge in [-0.3, -0.25) is 9.59 Å². The van der Waals surface area contributed by atoms with Crippen LogP contribution in [0, 0.1) is 11.3 Å². The largest absolute Gasteiger partial charge is 0.493 e. The predicted octanol–water partition coefficient (Wildman–Crippen LogP) is 2.58. The predicted molar refractivity (Wildman–Crippen MR) is 165 cm³/mol. The molecule has 0 spiro atoms. The number of ether oxygens (including phenoxy) is 3. The van der Waals surface area contributed by atoms with E-state index in [1.165, 1.54) is 30.0 Å². The molecule has 15 nitrogen and oxygen atoms in total. The van der Waals surface area contributed by atoms with Gasteiger partial charge < -0.3 is 34.9 Å². The van der Waals surface area contributed by atoms with Gasteiger partial charge in [0.05, 0.1) is 20.3 Å². The molecule has 5 atom stereocenters. The van der Waals surface area contributed by atoms with E-state index in [0.29, 0.717) is 17.1 Å². The second-order valence-electron chi connectivity index (χ2n) is 13.7. The number of rotatable bonds is 10. The second-order valence-corrected chi connectivity index (χ2v) is 13.7. The van der Waals surface area contributed by atoms with Crippen LogP contribution in [-0.4, -0.2) is 98.1 Å². The van der Waals surface area contributed by atoms with E-state index in [1.54, 1.807) is 59.7 Å². The number of likely N-dealkylation sites (tertiary alicyclic amines) is 1. The molecule has 15 heteroatoms. The molecule has 1 aromatic carbocycles. The number of methoxy groups -OCH3 is 2. The SMILES string of the molecule is C=CC1CC1(NC(=O)C1CC(n2nnc(-c3ccc(OC)c(OC)c3)n2)CN1C(=O)C(NC(=O)OC(C)(C)C)C(C)(C)C)C(=O)O. The highest BCUT2D eigenvalue weighted by molar-refractivity contribution is 5.96. The van der Waals surface area contributed by atoms with Crippen LogP contribution in [0.4, 0.5) is 4.79 Å². The minimum atomic E-state index is -1.50. The summed E-state index contributed by atoms with van der Waals surface area (Å²) >= 11 is 0. The molecule has 1 saturated heterocycles. The number of aromatic nitrogens is 4. The van der Waals surface area contributed by atoms with Crippen molar-refractivity contribution in [3.8, 4) is 22.9 Å². The molecular formula is C31H43N7O8. The maximum Gasteiger partial charge on any atom is 0.408 e. The number of amides is 3. The fraction of sp³-hybridized carbons (Fsp3) is 0.581. The van der Waals surface area contributed by atoms with Crippen LogP contribution in [0.2, 0.25) is 0 Å². The zero-order valence-electron chi connectivity index (χ0n) is 27.5. The molecule has 1 saturated carbocycles. The monoisotopic (exact) mass is 641 g/mol. The van der Waals surface area contributed by atoms with E-state index >= 15 is 0 Å². The number of hydrogen-bond acceptors (Lipinski definition) is 10. The molecule has 2 heterocycles. The van der Waals surface area contributed by atoms with E-state index in [2.05, 4.69) is 32.6 Å². The van der Waals surface area contributed by atoms with Gasteiger partial charge in [-0.2, -0.15) is 4.80 Å². The molecule has 3 N–H and O–H groups in total. The van der Waals surface area contributed by atoms with Crippen LogP contribution in [0.15, 0.2) is 30.9 Å². The summed E-state index contributed by atoms with van der Waals surface area (Å²) in [4.78, 5) is 55.6. The second kappa shape index (κ2) is 12.6. The number of tetrazole rings is 1. The minimum Gasteiger partial charge on any atom is -0.493 e. The van der Waals surface area contributed by atoms with Gasteiger partial charge in [0.15, 0.2) is 11.5 Å². The topological polar surface area (TPSA) is 187 Å². The third kappa shape index (κ3) is 7.07. The van der Waals surface area contributed by atoms with Gasteiger partial charge in [0.25, 0.3) is 0 Å². The van der Waals surface area contributed by atoms with E-state index < -0.39 is 64.5 Å². The van der Waals surface area contributed by atoms with Crippen molar-refractivity contribution in [2.45, 2.75) is 83.6 Å². The van der Waals surface area contributed by atoms with E-state index in [1.807, 2.05) is 0 Å². The zero-order valence-corrected chi connectivity index (χ0v) is 27.5. The Balaban J connectivity index is 1.66. The summed E-state index contributed by atoms with van der Waals surface area (Å²) in [7, 11) is 3.04. The minimum absolute atomic E-state index is 0.00775. The Kier molecular flexibility index (Phi) is 9.36. The van der Waals surface area contributed by atoms with Gasteiger partial charge in [0.2, 0.25) is 17.6 Å². The first kappa shape index (κ1) is 34.2. The maximum atomic E-state index is 14.2. The summed E-state index contributed by atoms with van der Waals surface area (Å²) in [6.07, 6.45) is 0.958. The first-order valence-corrected chi connectivity index (χ1v) is 14.9. The average molecular weight is 642 g/mol. The first-order chi connectivity index (χ1) is 21.4. The molecule has 46 heavy (non-hydrogen) atoms. The number of carboxylic acid groups (broad SMARTS) is 1. The van der Waals surface area contributed by atoms with Crippen LogP contribution in [0.5, 0.6) is 11.5 Å².